The van der Waals surface area contributed by atoms with Gasteiger partial charge in [0.2, 0.25) is 5.13 Å². The molecule has 2 rings (SSSR count). The molecule has 0 amide bonds. The van der Waals surface area contributed by atoms with Crippen molar-refractivity contribution in [1.29, 1.82) is 0 Å². The monoisotopic (exact) mass is 274 g/mol. The third-order valence-electron chi connectivity index (χ3n) is 2.70. The van der Waals surface area contributed by atoms with Crippen molar-refractivity contribution in [3.63, 3.8) is 0 Å². The number of hydrogen-bond acceptors (Lipinski definition) is 4. The number of nitrogens with zero attached hydrogens (tertiary/aromatic N) is 2. The summed E-state index contributed by atoms with van der Waals surface area (Å²) in [7, 11) is 1.66. The minimum Gasteiger partial charge on any atom is -0.497 e. The Bertz CT molecular complexity index is 565. The number of hydrogen-bond donors (Lipinski definition) is 0. The van der Waals surface area contributed by atoms with E-state index in [1.165, 1.54) is 0 Å². The van der Waals surface area contributed by atoms with Gasteiger partial charge in [-0.2, -0.15) is 0 Å². The second-order valence-corrected chi connectivity index (χ2v) is 6.13. The SMILES string of the molecule is COc1ccc(/C=N/c2nc(C(C)(C)C)cs2)cc1. The highest BCUT2D eigenvalue weighted by Gasteiger charge is 2.16. The molecule has 0 unspecified atom stereocenters. The average molecular weight is 274 g/mol. The van der Waals surface area contributed by atoms with Gasteiger partial charge in [0, 0.05) is 17.0 Å². The van der Waals surface area contributed by atoms with Crippen LogP contribution in [0.3, 0.4) is 0 Å². The molecule has 0 radical (unpaired) electrons. The summed E-state index contributed by atoms with van der Waals surface area (Å²) in [6.07, 6.45) is 1.82. The highest BCUT2D eigenvalue weighted by Crippen LogP contribution is 2.27. The smallest absolute Gasteiger partial charge is 0.209 e. The van der Waals surface area contributed by atoms with E-state index in [0.29, 0.717) is 0 Å². The van der Waals surface area contributed by atoms with E-state index in [2.05, 4.69) is 36.1 Å². The third kappa shape index (κ3) is 3.64. The predicted octanol–water partition coefficient (Wildman–Crippen LogP) is 4.20. The summed E-state index contributed by atoms with van der Waals surface area (Å²) in [5.41, 5.74) is 2.19. The van der Waals surface area contributed by atoms with Gasteiger partial charge in [-0.1, -0.05) is 20.8 Å². The topological polar surface area (TPSA) is 34.5 Å². The van der Waals surface area contributed by atoms with Crippen LogP contribution in [0.25, 0.3) is 0 Å². The number of aromatic nitrogens is 1. The minimum atomic E-state index is 0.0738. The van der Waals surface area contributed by atoms with Crippen molar-refractivity contribution < 1.29 is 4.74 Å². The fraction of sp³-hybridized carbons (Fsp3) is 0.333. The van der Waals surface area contributed by atoms with Gasteiger partial charge in [0.05, 0.1) is 12.8 Å². The molecular formula is C15H18N2OS. The first-order valence-corrected chi connectivity index (χ1v) is 7.01. The van der Waals surface area contributed by atoms with Crippen molar-refractivity contribution in [1.82, 2.24) is 4.98 Å². The van der Waals surface area contributed by atoms with Crippen molar-refractivity contribution in [2.24, 2.45) is 4.99 Å². The van der Waals surface area contributed by atoms with Crippen LogP contribution in [-0.2, 0) is 5.41 Å². The van der Waals surface area contributed by atoms with Crippen LogP contribution in [0, 0.1) is 0 Å². The van der Waals surface area contributed by atoms with Crippen LogP contribution in [0.1, 0.15) is 32.0 Å². The molecule has 0 atom stereocenters. The van der Waals surface area contributed by atoms with Crippen molar-refractivity contribution in [2.45, 2.75) is 26.2 Å². The highest BCUT2D eigenvalue weighted by atomic mass is 32.1. The van der Waals surface area contributed by atoms with Crippen LogP contribution >= 0.6 is 11.3 Å². The Morgan fingerprint density at radius 2 is 1.89 bits per heavy atom. The largest absolute Gasteiger partial charge is 0.497 e. The number of thiazole rings is 1. The summed E-state index contributed by atoms with van der Waals surface area (Å²) in [5, 5.41) is 2.86. The third-order valence-corrected chi connectivity index (χ3v) is 3.45. The first-order chi connectivity index (χ1) is 8.99. The van der Waals surface area contributed by atoms with E-state index < -0.39 is 0 Å². The summed E-state index contributed by atoms with van der Waals surface area (Å²) < 4.78 is 5.12. The summed E-state index contributed by atoms with van der Waals surface area (Å²) in [5.74, 6) is 0.849. The number of rotatable bonds is 3. The summed E-state index contributed by atoms with van der Waals surface area (Å²) in [6, 6.07) is 7.79. The average Bonchev–Trinajstić information content (AvgIpc) is 2.86. The van der Waals surface area contributed by atoms with Gasteiger partial charge in [0.25, 0.3) is 0 Å². The van der Waals surface area contributed by atoms with Crippen LogP contribution in [0.2, 0.25) is 0 Å². The molecule has 0 aliphatic heterocycles. The zero-order chi connectivity index (χ0) is 13.9. The highest BCUT2D eigenvalue weighted by molar-refractivity contribution is 7.13. The van der Waals surface area contributed by atoms with E-state index in [1.807, 2.05) is 30.5 Å². The van der Waals surface area contributed by atoms with E-state index in [0.717, 1.165) is 22.1 Å². The maximum Gasteiger partial charge on any atom is 0.209 e. The van der Waals surface area contributed by atoms with E-state index in [9.17, 15) is 0 Å². The fourth-order valence-corrected chi connectivity index (χ4v) is 2.38. The molecule has 1 aromatic carbocycles. The van der Waals surface area contributed by atoms with Gasteiger partial charge in [-0.3, -0.25) is 0 Å². The molecule has 0 fully saturated rings. The minimum absolute atomic E-state index is 0.0738. The molecule has 19 heavy (non-hydrogen) atoms. The van der Waals surface area contributed by atoms with Crippen molar-refractivity contribution in [3.05, 3.63) is 40.9 Å². The van der Waals surface area contributed by atoms with Crippen LogP contribution in [0.4, 0.5) is 5.13 Å². The summed E-state index contributed by atoms with van der Waals surface area (Å²) >= 11 is 1.57. The zero-order valence-corrected chi connectivity index (χ0v) is 12.5. The Kier molecular flexibility index (Phi) is 4.00. The lowest BCUT2D eigenvalue weighted by atomic mass is 9.93. The van der Waals surface area contributed by atoms with Crippen LogP contribution in [0.5, 0.6) is 5.75 Å². The molecule has 0 saturated carbocycles. The number of benzene rings is 1. The Hall–Kier alpha value is -1.68. The molecule has 0 spiro atoms. The lowest BCUT2D eigenvalue weighted by Crippen LogP contribution is -2.10. The van der Waals surface area contributed by atoms with Crippen molar-refractivity contribution in [2.75, 3.05) is 7.11 Å². The molecule has 4 heteroatoms. The Balaban J connectivity index is 2.11. The standard InChI is InChI=1S/C15H18N2OS/c1-15(2,3)13-10-19-14(17-13)16-9-11-5-7-12(18-4)8-6-11/h5-10H,1-4H3/b16-9+. The lowest BCUT2D eigenvalue weighted by Gasteiger charge is -2.13. The Morgan fingerprint density at radius 3 is 2.42 bits per heavy atom. The van der Waals surface area contributed by atoms with Crippen LogP contribution < -0.4 is 4.74 Å². The summed E-state index contributed by atoms with van der Waals surface area (Å²) in [4.78, 5) is 8.93. The van der Waals surface area contributed by atoms with Gasteiger partial charge in [0.1, 0.15) is 5.75 Å². The number of aliphatic imine (C=N–C) groups is 1. The number of methoxy groups -OCH3 is 1. The molecule has 0 N–H and O–H groups in total. The van der Waals surface area contributed by atoms with Gasteiger partial charge >= 0.3 is 0 Å². The van der Waals surface area contributed by atoms with Gasteiger partial charge in [-0.25, -0.2) is 9.98 Å². The van der Waals surface area contributed by atoms with Crippen LogP contribution in [0.15, 0.2) is 34.6 Å². The van der Waals surface area contributed by atoms with Crippen molar-refractivity contribution in [3.8, 4) is 5.75 Å². The molecule has 0 aliphatic carbocycles. The first kappa shape index (κ1) is 13.7. The van der Waals surface area contributed by atoms with E-state index >= 15 is 0 Å². The molecule has 0 saturated heterocycles. The molecular weight excluding hydrogens is 256 g/mol. The Labute approximate surface area is 118 Å². The molecule has 1 aromatic heterocycles. The second-order valence-electron chi connectivity index (χ2n) is 5.30. The van der Waals surface area contributed by atoms with Crippen molar-refractivity contribution >= 4 is 22.7 Å². The zero-order valence-electron chi connectivity index (χ0n) is 11.7. The fourth-order valence-electron chi connectivity index (χ4n) is 1.49. The molecule has 0 aliphatic rings. The lowest BCUT2D eigenvalue weighted by molar-refractivity contribution is 0.415. The van der Waals surface area contributed by atoms with Gasteiger partial charge < -0.3 is 4.74 Å². The molecule has 2 aromatic rings. The van der Waals surface area contributed by atoms with Gasteiger partial charge in [-0.15, -0.1) is 11.3 Å². The second kappa shape index (κ2) is 5.53. The number of ether oxygens (including phenoxy) is 1. The maximum atomic E-state index is 5.12. The quantitative estimate of drug-likeness (QED) is 0.786. The van der Waals surface area contributed by atoms with E-state index in [4.69, 9.17) is 4.74 Å². The molecule has 100 valence electrons. The van der Waals surface area contributed by atoms with Crippen LogP contribution in [-0.4, -0.2) is 18.3 Å². The molecule has 1 heterocycles. The van der Waals surface area contributed by atoms with E-state index in [-0.39, 0.29) is 5.41 Å². The predicted molar refractivity (Wildman–Crippen MR) is 81.1 cm³/mol. The normalized spacial score (nSPS) is 12.0. The van der Waals surface area contributed by atoms with E-state index in [1.54, 1.807) is 18.4 Å². The van der Waals surface area contributed by atoms with Gasteiger partial charge in [0.15, 0.2) is 0 Å². The molecule has 3 nitrogen and oxygen atoms in total. The first-order valence-electron chi connectivity index (χ1n) is 6.13. The maximum absolute atomic E-state index is 5.12. The molecule has 0 bridgehead atoms. The Morgan fingerprint density at radius 1 is 1.21 bits per heavy atom. The summed E-state index contributed by atoms with van der Waals surface area (Å²) in [6.45, 7) is 6.46. The van der Waals surface area contributed by atoms with Gasteiger partial charge in [-0.05, 0) is 29.8 Å².